The number of carbonyl (C=O) groups excluding carboxylic acids is 1. The fourth-order valence-electron chi connectivity index (χ4n) is 4.91. The minimum absolute atomic E-state index is 0. The molecule has 3 N–H and O–H groups in total. The molecule has 0 saturated heterocycles. The SMILES string of the molecule is COc1nc(-c2cc(-c3ccon3)n(Cc3ccccc3F)n2)ncc1F.COc1nc(/C(=C\C(=O)c2ccon2)N(C)OC)ncc1F.Cl.NNCc1ccccc1F. The predicted octanol–water partition coefficient (Wildman–Crippen LogP) is 5.87. The maximum atomic E-state index is 14.1. The summed E-state index contributed by atoms with van der Waals surface area (Å²) in [5, 5.41) is 13.2. The van der Waals surface area contributed by atoms with Crippen LogP contribution in [0, 0.1) is 23.3 Å². The standard InChI is InChI=1S/C18H13F2N5O2.C13H13FN4O4.C7H9FN2.ClH/c1-26-18-13(20)9-21-17(22-18)15-8-16(14-6-7-27-24-14)25(23-15)10-11-4-2-3-5-12(11)19;1-18(21-3)10(6-11(19)9-4-5-22-17-9)12-15-7-8(14)13(16-12)20-2;8-7-4-2-1-3-6(7)5-10-9;/h2-9H,10H2,1H3;4-7H,1-3H3;1-4,10H,5,9H2;1H/b;10-6+;;. The second-order valence-electron chi connectivity index (χ2n) is 11.6. The molecule has 0 fully saturated rings. The van der Waals surface area contributed by atoms with Crippen LogP contribution in [0.25, 0.3) is 28.6 Å². The quantitative estimate of drug-likeness (QED) is 0.0457. The molecule has 0 unspecified atom stereocenters. The number of benzene rings is 2. The van der Waals surface area contributed by atoms with Crippen LogP contribution in [0.2, 0.25) is 0 Å². The minimum Gasteiger partial charge on any atom is -0.479 e. The third-order valence-electron chi connectivity index (χ3n) is 7.85. The first-order valence-corrected chi connectivity index (χ1v) is 17.0. The number of nitrogens with one attached hydrogen (secondary N) is 1. The number of hydrazine groups is 1. The molecule has 17 nitrogen and oxygen atoms in total. The van der Waals surface area contributed by atoms with Crippen molar-refractivity contribution in [1.29, 1.82) is 0 Å². The minimum atomic E-state index is -0.714. The molecule has 0 amide bonds. The Labute approximate surface area is 345 Å². The molecule has 0 spiro atoms. The van der Waals surface area contributed by atoms with Crippen LogP contribution < -0.4 is 20.7 Å². The molecule has 22 heteroatoms. The highest BCUT2D eigenvalue weighted by Crippen LogP contribution is 2.26. The number of hydrogen-bond acceptors (Lipinski definition) is 16. The zero-order chi connectivity index (χ0) is 42.3. The smallest absolute Gasteiger partial charge is 0.253 e. The highest BCUT2D eigenvalue weighted by molar-refractivity contribution is 6.06. The summed E-state index contributed by atoms with van der Waals surface area (Å²) < 4.78 is 74.5. The van der Waals surface area contributed by atoms with Crippen LogP contribution >= 0.6 is 12.4 Å². The van der Waals surface area contributed by atoms with E-state index >= 15 is 0 Å². The average molecular weight is 854 g/mol. The van der Waals surface area contributed by atoms with E-state index in [0.29, 0.717) is 34.8 Å². The van der Waals surface area contributed by atoms with Crippen LogP contribution in [0.4, 0.5) is 17.6 Å². The Morgan fingerprint density at radius 2 is 1.43 bits per heavy atom. The molecule has 314 valence electrons. The summed E-state index contributed by atoms with van der Waals surface area (Å²) in [7, 11) is 5.53. The molecule has 0 bridgehead atoms. The molecule has 7 aromatic rings. The van der Waals surface area contributed by atoms with Gasteiger partial charge in [-0.25, -0.2) is 18.7 Å². The molecule has 0 radical (unpaired) electrons. The van der Waals surface area contributed by atoms with Crippen molar-refractivity contribution >= 4 is 23.9 Å². The van der Waals surface area contributed by atoms with Gasteiger partial charge in [0.05, 0.1) is 46.0 Å². The second kappa shape index (κ2) is 22.2. The molecular formula is C38H36ClF4N11O6. The highest BCUT2D eigenvalue weighted by atomic mass is 35.5. The number of methoxy groups -OCH3 is 2. The number of hydrogen-bond donors (Lipinski definition) is 2. The van der Waals surface area contributed by atoms with E-state index < -0.39 is 17.4 Å². The Morgan fingerprint density at radius 1 is 0.817 bits per heavy atom. The second-order valence-corrected chi connectivity index (χ2v) is 11.6. The van der Waals surface area contributed by atoms with Crippen molar-refractivity contribution in [3.8, 4) is 34.7 Å². The van der Waals surface area contributed by atoms with Gasteiger partial charge in [-0.3, -0.25) is 30.6 Å². The lowest BCUT2D eigenvalue weighted by Gasteiger charge is -2.18. The summed E-state index contributed by atoms with van der Waals surface area (Å²) in [6.07, 6.45) is 5.85. The molecular weight excluding hydrogens is 818 g/mol. The van der Waals surface area contributed by atoms with Crippen LogP contribution in [0.1, 0.15) is 27.4 Å². The largest absolute Gasteiger partial charge is 0.479 e. The van der Waals surface area contributed by atoms with E-state index in [0.717, 1.165) is 12.4 Å². The van der Waals surface area contributed by atoms with Gasteiger partial charge in [-0.1, -0.05) is 46.7 Å². The van der Waals surface area contributed by atoms with Crippen molar-refractivity contribution in [2.45, 2.75) is 13.1 Å². The van der Waals surface area contributed by atoms with Gasteiger partial charge in [-0.15, -0.1) is 12.4 Å². The fraction of sp³-hybridized carbons (Fsp3) is 0.158. The Morgan fingerprint density at radius 3 is 2.02 bits per heavy atom. The van der Waals surface area contributed by atoms with Crippen molar-refractivity contribution in [3.05, 3.63) is 144 Å². The van der Waals surface area contributed by atoms with Crippen LogP contribution in [-0.2, 0) is 17.9 Å². The van der Waals surface area contributed by atoms with Crippen molar-refractivity contribution in [2.75, 3.05) is 28.4 Å². The molecule has 5 heterocycles. The number of aromatic nitrogens is 8. The Kier molecular flexibility index (Phi) is 16.9. The molecule has 0 aliphatic carbocycles. The molecule has 60 heavy (non-hydrogen) atoms. The lowest BCUT2D eigenvalue weighted by atomic mass is 10.2. The maximum absolute atomic E-state index is 14.1. The van der Waals surface area contributed by atoms with Crippen LogP contribution in [0.15, 0.2) is 107 Å². The van der Waals surface area contributed by atoms with Gasteiger partial charge in [0.25, 0.3) is 11.8 Å². The third kappa shape index (κ3) is 11.8. The number of allylic oxidation sites excluding steroid dienone is 1. The first-order chi connectivity index (χ1) is 28.6. The summed E-state index contributed by atoms with van der Waals surface area (Å²) >= 11 is 0. The van der Waals surface area contributed by atoms with Gasteiger partial charge in [0, 0.05) is 42.9 Å². The maximum Gasteiger partial charge on any atom is 0.253 e. The summed E-state index contributed by atoms with van der Waals surface area (Å²) in [6, 6.07) is 17.7. The summed E-state index contributed by atoms with van der Waals surface area (Å²) in [6.45, 7) is 0.528. The number of ketones is 1. The molecule has 0 atom stereocenters. The fourth-order valence-corrected chi connectivity index (χ4v) is 4.91. The molecule has 7 rings (SSSR count). The van der Waals surface area contributed by atoms with E-state index in [9.17, 15) is 22.4 Å². The molecule has 0 aliphatic heterocycles. The van der Waals surface area contributed by atoms with Gasteiger partial charge in [0.15, 0.2) is 17.3 Å². The summed E-state index contributed by atoms with van der Waals surface area (Å²) in [5.74, 6) is 2.40. The van der Waals surface area contributed by atoms with Crippen molar-refractivity contribution in [3.63, 3.8) is 0 Å². The van der Waals surface area contributed by atoms with Gasteiger partial charge in [-0.2, -0.15) is 23.8 Å². The lowest BCUT2D eigenvalue weighted by molar-refractivity contribution is -0.0533. The average Bonchev–Trinajstić information content (AvgIpc) is 4.06. The third-order valence-corrected chi connectivity index (χ3v) is 7.85. The first kappa shape index (κ1) is 45.6. The number of ether oxygens (including phenoxy) is 2. The van der Waals surface area contributed by atoms with Gasteiger partial charge in [0.1, 0.15) is 41.2 Å². The zero-order valence-corrected chi connectivity index (χ0v) is 32.9. The predicted molar refractivity (Wildman–Crippen MR) is 208 cm³/mol. The number of hydroxylamine groups is 2. The highest BCUT2D eigenvalue weighted by Gasteiger charge is 2.20. The van der Waals surface area contributed by atoms with Gasteiger partial charge in [0.2, 0.25) is 17.4 Å². The Balaban J connectivity index is 0.000000216. The number of nitrogens with zero attached hydrogens (tertiary/aromatic N) is 9. The van der Waals surface area contributed by atoms with Crippen LogP contribution in [0.3, 0.4) is 0 Å². The van der Waals surface area contributed by atoms with E-state index in [1.165, 1.54) is 63.2 Å². The van der Waals surface area contributed by atoms with Crippen LogP contribution in [0.5, 0.6) is 11.8 Å². The monoisotopic (exact) mass is 853 g/mol. The number of carbonyl (C=O) groups is 1. The molecule has 5 aromatic heterocycles. The van der Waals surface area contributed by atoms with Gasteiger partial charge < -0.3 is 18.5 Å². The van der Waals surface area contributed by atoms with E-state index in [1.54, 1.807) is 60.3 Å². The van der Waals surface area contributed by atoms with E-state index in [1.807, 2.05) is 0 Å². The summed E-state index contributed by atoms with van der Waals surface area (Å²) in [5.41, 5.74) is 5.19. The Hall–Kier alpha value is -7.07. The Bertz CT molecular complexity index is 2470. The van der Waals surface area contributed by atoms with E-state index in [4.69, 9.17) is 24.7 Å². The van der Waals surface area contributed by atoms with Crippen molar-refractivity contribution in [2.24, 2.45) is 5.84 Å². The van der Waals surface area contributed by atoms with Crippen LogP contribution in [-0.4, -0.2) is 79.3 Å². The topological polar surface area (TPSA) is 207 Å². The number of halogens is 5. The molecule has 0 aliphatic rings. The first-order valence-electron chi connectivity index (χ1n) is 17.0. The van der Waals surface area contributed by atoms with Gasteiger partial charge >= 0.3 is 0 Å². The van der Waals surface area contributed by atoms with E-state index in [2.05, 4.69) is 45.3 Å². The summed E-state index contributed by atoms with van der Waals surface area (Å²) in [4.78, 5) is 32.8. The number of rotatable bonds is 13. The van der Waals surface area contributed by atoms with Crippen molar-refractivity contribution in [1.82, 2.24) is 50.5 Å². The molecule has 2 aromatic carbocycles. The van der Waals surface area contributed by atoms with Gasteiger partial charge in [-0.05, 0) is 18.2 Å². The normalized spacial score (nSPS) is 10.7. The number of nitrogens with two attached hydrogens (primary N) is 1. The zero-order valence-electron chi connectivity index (χ0n) is 32.1. The van der Waals surface area contributed by atoms with Crippen molar-refractivity contribution < 1.29 is 45.7 Å². The lowest BCUT2D eigenvalue weighted by Crippen LogP contribution is -2.21. The van der Waals surface area contributed by atoms with E-state index in [-0.39, 0.29) is 65.4 Å². The molecule has 0 saturated carbocycles.